The van der Waals surface area contributed by atoms with Gasteiger partial charge in [0.05, 0.1) is 17.4 Å². The quantitative estimate of drug-likeness (QED) is 0.694. The predicted octanol–water partition coefficient (Wildman–Crippen LogP) is 2.80. The molecule has 3 rings (SSSR count). The van der Waals surface area contributed by atoms with Crippen LogP contribution in [-0.2, 0) is 0 Å². The molecule has 0 N–H and O–H groups in total. The zero-order valence-corrected chi connectivity index (χ0v) is 11.0. The van der Waals surface area contributed by atoms with Crippen molar-refractivity contribution in [2.75, 3.05) is 0 Å². The number of hydrogen-bond acceptors (Lipinski definition) is 4. The summed E-state index contributed by atoms with van der Waals surface area (Å²) in [5, 5.41) is 4.99. The third kappa shape index (κ3) is 2.31. The molecule has 0 radical (unpaired) electrons. The van der Waals surface area contributed by atoms with Gasteiger partial charge in [-0.05, 0) is 18.2 Å². The first-order chi connectivity index (χ1) is 9.78. The van der Waals surface area contributed by atoms with Crippen LogP contribution in [0.1, 0.15) is 10.4 Å². The Kier molecular flexibility index (Phi) is 3.26. The van der Waals surface area contributed by atoms with E-state index >= 15 is 0 Å². The maximum Gasteiger partial charge on any atom is 0.153 e. The summed E-state index contributed by atoms with van der Waals surface area (Å²) >= 11 is 5.96. The Bertz CT molecular complexity index is 755. The fourth-order valence-electron chi connectivity index (χ4n) is 1.84. The van der Waals surface area contributed by atoms with E-state index < -0.39 is 0 Å². The van der Waals surface area contributed by atoms with Crippen LogP contribution in [-0.4, -0.2) is 26.0 Å². The van der Waals surface area contributed by atoms with Gasteiger partial charge in [-0.3, -0.25) is 14.8 Å². The third-order valence-corrected chi connectivity index (χ3v) is 2.98. The molecule has 6 heteroatoms. The van der Waals surface area contributed by atoms with Crippen LogP contribution >= 0.6 is 11.6 Å². The van der Waals surface area contributed by atoms with Crippen molar-refractivity contribution in [1.82, 2.24) is 19.7 Å². The van der Waals surface area contributed by atoms with Gasteiger partial charge in [0.1, 0.15) is 11.4 Å². The Balaban J connectivity index is 2.12. The van der Waals surface area contributed by atoms with E-state index in [-0.39, 0.29) is 0 Å². The van der Waals surface area contributed by atoms with Crippen LogP contribution in [0.4, 0.5) is 0 Å². The van der Waals surface area contributed by atoms with Gasteiger partial charge in [-0.2, -0.15) is 5.10 Å². The molecule has 0 aliphatic rings. The minimum atomic E-state index is 0.450. The van der Waals surface area contributed by atoms with Crippen LogP contribution in [0, 0.1) is 0 Å². The fraction of sp³-hybridized carbons (Fsp3) is 0. The normalized spacial score (nSPS) is 10.4. The highest BCUT2D eigenvalue weighted by atomic mass is 35.5. The van der Waals surface area contributed by atoms with Gasteiger partial charge >= 0.3 is 0 Å². The average Bonchev–Trinajstić information content (AvgIpc) is 2.92. The maximum absolute atomic E-state index is 11.2. The first-order valence-corrected chi connectivity index (χ1v) is 6.23. The Morgan fingerprint density at radius 2 is 2.15 bits per heavy atom. The van der Waals surface area contributed by atoms with E-state index in [4.69, 9.17) is 11.6 Å². The number of rotatable bonds is 3. The van der Waals surface area contributed by atoms with Gasteiger partial charge in [0.25, 0.3) is 0 Å². The second-order valence-electron chi connectivity index (χ2n) is 4.07. The predicted molar refractivity (Wildman–Crippen MR) is 75.0 cm³/mol. The van der Waals surface area contributed by atoms with E-state index in [2.05, 4.69) is 15.1 Å². The lowest BCUT2D eigenvalue weighted by Gasteiger charge is -2.01. The Hall–Kier alpha value is -2.53. The highest BCUT2D eigenvalue weighted by Gasteiger charge is 2.12. The molecular formula is C14H9ClN4O. The Labute approximate surface area is 119 Å². The highest BCUT2D eigenvalue weighted by molar-refractivity contribution is 6.30. The van der Waals surface area contributed by atoms with E-state index in [1.807, 2.05) is 12.1 Å². The first kappa shape index (κ1) is 12.5. The van der Waals surface area contributed by atoms with Crippen LogP contribution in [0.2, 0.25) is 5.02 Å². The van der Waals surface area contributed by atoms with Crippen molar-refractivity contribution in [3.05, 3.63) is 59.6 Å². The van der Waals surface area contributed by atoms with Crippen molar-refractivity contribution < 1.29 is 4.79 Å². The van der Waals surface area contributed by atoms with Gasteiger partial charge in [0.2, 0.25) is 0 Å². The zero-order valence-electron chi connectivity index (χ0n) is 10.3. The van der Waals surface area contributed by atoms with Crippen molar-refractivity contribution in [3.8, 4) is 17.1 Å². The molecule has 0 aliphatic heterocycles. The molecule has 0 unspecified atom stereocenters. The summed E-state index contributed by atoms with van der Waals surface area (Å²) < 4.78 is 1.60. The number of benzene rings is 1. The van der Waals surface area contributed by atoms with E-state index in [0.29, 0.717) is 22.0 Å². The molecule has 2 heterocycles. The summed E-state index contributed by atoms with van der Waals surface area (Å²) in [5.74, 6) is 0. The number of aromatic nitrogens is 4. The largest absolute Gasteiger partial charge is 0.298 e. The molecule has 0 saturated carbocycles. The third-order valence-electron chi connectivity index (χ3n) is 2.75. The molecule has 0 aliphatic carbocycles. The van der Waals surface area contributed by atoms with Gasteiger partial charge in [-0.25, -0.2) is 4.68 Å². The topological polar surface area (TPSA) is 60.7 Å². The minimum absolute atomic E-state index is 0.450. The monoisotopic (exact) mass is 284 g/mol. The number of carbonyl (C=O) groups excluding carboxylic acids is 1. The van der Waals surface area contributed by atoms with Crippen LogP contribution in [0.5, 0.6) is 0 Å². The zero-order chi connectivity index (χ0) is 13.9. The number of nitrogens with zero attached hydrogens (tertiary/aromatic N) is 4. The smallest absolute Gasteiger partial charge is 0.153 e. The van der Waals surface area contributed by atoms with E-state index in [1.165, 1.54) is 0 Å². The lowest BCUT2D eigenvalue weighted by molar-refractivity contribution is 0.112. The summed E-state index contributed by atoms with van der Waals surface area (Å²) in [6.45, 7) is 0. The Morgan fingerprint density at radius 3 is 2.85 bits per heavy atom. The first-order valence-electron chi connectivity index (χ1n) is 5.85. The Morgan fingerprint density at radius 1 is 1.25 bits per heavy atom. The van der Waals surface area contributed by atoms with Crippen molar-refractivity contribution >= 4 is 17.9 Å². The lowest BCUT2D eigenvalue weighted by Crippen LogP contribution is -1.95. The van der Waals surface area contributed by atoms with Crippen molar-refractivity contribution in [2.24, 2.45) is 0 Å². The minimum Gasteiger partial charge on any atom is -0.298 e. The summed E-state index contributed by atoms with van der Waals surface area (Å²) in [5.41, 5.74) is 2.27. The second kappa shape index (κ2) is 5.22. The molecule has 5 nitrogen and oxygen atoms in total. The molecule has 0 saturated heterocycles. The molecule has 0 bridgehead atoms. The number of hydrogen-bond donors (Lipinski definition) is 0. The van der Waals surface area contributed by atoms with Gasteiger partial charge in [0, 0.05) is 23.6 Å². The molecule has 20 heavy (non-hydrogen) atoms. The SMILES string of the molecule is O=Cc1cn(-c2cccc(Cl)c2)nc1-c1cnccn1. The van der Waals surface area contributed by atoms with Gasteiger partial charge in [0.15, 0.2) is 6.29 Å². The number of halogens is 1. The molecule has 0 fully saturated rings. The molecule has 0 amide bonds. The van der Waals surface area contributed by atoms with Gasteiger partial charge < -0.3 is 0 Å². The van der Waals surface area contributed by atoms with E-state index in [1.54, 1.807) is 41.6 Å². The van der Waals surface area contributed by atoms with Crippen molar-refractivity contribution in [3.63, 3.8) is 0 Å². The summed E-state index contributed by atoms with van der Waals surface area (Å²) in [6.07, 6.45) is 7.08. The molecular weight excluding hydrogens is 276 g/mol. The van der Waals surface area contributed by atoms with E-state index in [0.717, 1.165) is 12.0 Å². The van der Waals surface area contributed by atoms with Crippen molar-refractivity contribution in [1.29, 1.82) is 0 Å². The maximum atomic E-state index is 11.2. The highest BCUT2D eigenvalue weighted by Crippen LogP contribution is 2.21. The van der Waals surface area contributed by atoms with Crippen molar-refractivity contribution in [2.45, 2.75) is 0 Å². The second-order valence-corrected chi connectivity index (χ2v) is 4.50. The summed E-state index contributed by atoms with van der Waals surface area (Å²) in [6, 6.07) is 7.22. The molecule has 0 spiro atoms. The van der Waals surface area contributed by atoms with Gasteiger partial charge in [-0.15, -0.1) is 0 Å². The lowest BCUT2D eigenvalue weighted by atomic mass is 10.2. The molecule has 2 aromatic heterocycles. The summed E-state index contributed by atoms with van der Waals surface area (Å²) in [4.78, 5) is 19.3. The number of carbonyl (C=O) groups is 1. The van der Waals surface area contributed by atoms with Gasteiger partial charge in [-0.1, -0.05) is 17.7 Å². The molecule has 98 valence electrons. The van der Waals surface area contributed by atoms with E-state index in [9.17, 15) is 4.79 Å². The molecule has 3 aromatic rings. The van der Waals surface area contributed by atoms with Crippen LogP contribution in [0.15, 0.2) is 49.1 Å². The molecule has 1 aromatic carbocycles. The van der Waals surface area contributed by atoms with Crippen LogP contribution in [0.3, 0.4) is 0 Å². The average molecular weight is 285 g/mol. The summed E-state index contributed by atoms with van der Waals surface area (Å²) in [7, 11) is 0. The van der Waals surface area contributed by atoms with Crippen LogP contribution < -0.4 is 0 Å². The fourth-order valence-corrected chi connectivity index (χ4v) is 2.03. The molecule has 0 atom stereocenters. The van der Waals surface area contributed by atoms with Crippen LogP contribution in [0.25, 0.3) is 17.1 Å². The number of aldehydes is 1. The standard InChI is InChI=1S/C14H9ClN4O/c15-11-2-1-3-12(6-11)19-8-10(9-20)14(18-19)13-7-16-4-5-17-13/h1-9H.